The van der Waals surface area contributed by atoms with Gasteiger partial charge < -0.3 is 14.6 Å². The van der Waals surface area contributed by atoms with E-state index in [-0.39, 0.29) is 5.75 Å². The number of phenolic OH excluding ortho intramolecular Hbond substituents is 1. The van der Waals surface area contributed by atoms with Crippen LogP contribution in [0.1, 0.15) is 0 Å². The van der Waals surface area contributed by atoms with E-state index in [2.05, 4.69) is 0 Å². The van der Waals surface area contributed by atoms with E-state index >= 15 is 0 Å². The number of aromatic hydroxyl groups is 1. The first-order valence-corrected chi connectivity index (χ1v) is 5.85. The molecule has 94 valence electrons. The molecule has 0 unspecified atom stereocenters. The molecule has 0 aliphatic rings. The zero-order valence-electron chi connectivity index (χ0n) is 9.48. The Bertz CT molecular complexity index is 570. The highest BCUT2D eigenvalue weighted by molar-refractivity contribution is 6.32. The van der Waals surface area contributed by atoms with Crippen molar-refractivity contribution in [2.24, 2.45) is 0 Å². The van der Waals surface area contributed by atoms with Crippen molar-refractivity contribution in [3.05, 3.63) is 46.4 Å². The van der Waals surface area contributed by atoms with Crippen molar-refractivity contribution in [1.82, 2.24) is 0 Å². The number of halogens is 2. The Morgan fingerprint density at radius 2 is 1.67 bits per heavy atom. The largest absolute Gasteiger partial charge is 0.508 e. The molecule has 0 atom stereocenters. The molecule has 5 heteroatoms. The van der Waals surface area contributed by atoms with Crippen molar-refractivity contribution in [1.29, 1.82) is 0 Å². The van der Waals surface area contributed by atoms with Crippen LogP contribution in [-0.4, -0.2) is 12.2 Å². The highest BCUT2D eigenvalue weighted by Crippen LogP contribution is 2.37. The summed E-state index contributed by atoms with van der Waals surface area (Å²) in [5.41, 5.74) is 0. The molecule has 0 fully saturated rings. The number of ether oxygens (including phenoxy) is 2. The molecule has 0 aromatic heterocycles. The van der Waals surface area contributed by atoms with Gasteiger partial charge in [0.25, 0.3) is 0 Å². The number of rotatable bonds is 3. The van der Waals surface area contributed by atoms with Crippen LogP contribution in [0, 0.1) is 0 Å². The fourth-order valence-electron chi connectivity index (χ4n) is 1.42. The van der Waals surface area contributed by atoms with Gasteiger partial charge in [0.05, 0.1) is 12.1 Å². The van der Waals surface area contributed by atoms with Crippen LogP contribution in [0.4, 0.5) is 0 Å². The molecule has 0 aliphatic heterocycles. The fourth-order valence-corrected chi connectivity index (χ4v) is 1.79. The van der Waals surface area contributed by atoms with Gasteiger partial charge in [-0.3, -0.25) is 0 Å². The van der Waals surface area contributed by atoms with Gasteiger partial charge in [-0.05, 0) is 24.3 Å². The van der Waals surface area contributed by atoms with Gasteiger partial charge in [0, 0.05) is 17.2 Å². The number of benzene rings is 2. The lowest BCUT2D eigenvalue weighted by molar-refractivity contribution is 0.378. The van der Waals surface area contributed by atoms with Gasteiger partial charge in [0.1, 0.15) is 11.5 Å². The number of hydrogen-bond donors (Lipinski definition) is 1. The maximum Gasteiger partial charge on any atom is 0.169 e. The van der Waals surface area contributed by atoms with E-state index in [0.717, 1.165) is 0 Å². The molecule has 3 nitrogen and oxygen atoms in total. The predicted octanol–water partition coefficient (Wildman–Crippen LogP) is 4.50. The number of hydrogen-bond acceptors (Lipinski definition) is 3. The molecule has 0 saturated heterocycles. The summed E-state index contributed by atoms with van der Waals surface area (Å²) in [7, 11) is 1.52. The van der Waals surface area contributed by atoms with E-state index in [1.165, 1.54) is 19.2 Å². The molecule has 0 spiro atoms. The van der Waals surface area contributed by atoms with E-state index in [0.29, 0.717) is 27.3 Å². The van der Waals surface area contributed by atoms with Gasteiger partial charge in [-0.25, -0.2) is 0 Å². The van der Waals surface area contributed by atoms with Gasteiger partial charge in [0.15, 0.2) is 11.5 Å². The lowest BCUT2D eigenvalue weighted by atomic mass is 10.3. The van der Waals surface area contributed by atoms with Crippen molar-refractivity contribution >= 4 is 23.2 Å². The van der Waals surface area contributed by atoms with Gasteiger partial charge in [-0.15, -0.1) is 0 Å². The molecule has 1 N–H and O–H groups in total. The smallest absolute Gasteiger partial charge is 0.169 e. The summed E-state index contributed by atoms with van der Waals surface area (Å²) in [6, 6.07) is 9.48. The maximum atomic E-state index is 9.26. The average Bonchev–Trinajstić information content (AvgIpc) is 2.34. The Labute approximate surface area is 114 Å². The highest BCUT2D eigenvalue weighted by atomic mass is 35.5. The second-order valence-corrected chi connectivity index (χ2v) is 4.36. The topological polar surface area (TPSA) is 38.7 Å². The van der Waals surface area contributed by atoms with Crippen LogP contribution in [-0.2, 0) is 0 Å². The molecule has 0 bridgehead atoms. The summed E-state index contributed by atoms with van der Waals surface area (Å²) in [6.07, 6.45) is 0. The monoisotopic (exact) mass is 284 g/mol. The van der Waals surface area contributed by atoms with E-state index in [1.807, 2.05) is 0 Å². The highest BCUT2D eigenvalue weighted by Gasteiger charge is 2.09. The second-order valence-electron chi connectivity index (χ2n) is 3.51. The molecular weight excluding hydrogens is 275 g/mol. The van der Waals surface area contributed by atoms with Crippen LogP contribution in [0.15, 0.2) is 36.4 Å². The Balaban J connectivity index is 2.33. The normalized spacial score (nSPS) is 10.2. The quantitative estimate of drug-likeness (QED) is 0.902. The summed E-state index contributed by atoms with van der Waals surface area (Å²) in [6.45, 7) is 0. The minimum atomic E-state index is 0.0791. The van der Waals surface area contributed by atoms with Crippen LogP contribution in [0.5, 0.6) is 23.0 Å². The lowest BCUT2D eigenvalue weighted by Crippen LogP contribution is -1.90. The molecule has 0 radical (unpaired) electrons. The molecule has 0 heterocycles. The molecule has 18 heavy (non-hydrogen) atoms. The fraction of sp³-hybridized carbons (Fsp3) is 0.0769. The second kappa shape index (κ2) is 5.38. The molecule has 0 saturated carbocycles. The Morgan fingerprint density at radius 1 is 0.944 bits per heavy atom. The SMILES string of the molecule is COc1cc(Cl)ccc1Oc1ccc(O)cc1Cl. The van der Waals surface area contributed by atoms with Crippen molar-refractivity contribution in [2.45, 2.75) is 0 Å². The summed E-state index contributed by atoms with van der Waals surface area (Å²) < 4.78 is 10.8. The van der Waals surface area contributed by atoms with Gasteiger partial charge >= 0.3 is 0 Å². The van der Waals surface area contributed by atoms with Gasteiger partial charge in [-0.2, -0.15) is 0 Å². The molecule has 0 amide bonds. The molecular formula is C13H10Cl2O3. The number of phenols is 1. The van der Waals surface area contributed by atoms with E-state index in [4.69, 9.17) is 32.7 Å². The molecule has 2 aromatic carbocycles. The Kier molecular flexibility index (Phi) is 3.84. The zero-order valence-corrected chi connectivity index (χ0v) is 11.0. The van der Waals surface area contributed by atoms with E-state index < -0.39 is 0 Å². The first-order valence-electron chi connectivity index (χ1n) is 5.10. The minimum absolute atomic E-state index is 0.0791. The van der Waals surface area contributed by atoms with E-state index in [1.54, 1.807) is 24.3 Å². The van der Waals surface area contributed by atoms with Gasteiger partial charge in [0.2, 0.25) is 0 Å². The molecule has 2 rings (SSSR count). The van der Waals surface area contributed by atoms with Crippen LogP contribution < -0.4 is 9.47 Å². The van der Waals surface area contributed by atoms with Gasteiger partial charge in [-0.1, -0.05) is 23.2 Å². The first kappa shape index (κ1) is 12.9. The summed E-state index contributed by atoms with van der Waals surface area (Å²) in [4.78, 5) is 0. The zero-order chi connectivity index (χ0) is 13.1. The van der Waals surface area contributed by atoms with Crippen LogP contribution in [0.3, 0.4) is 0 Å². The summed E-state index contributed by atoms with van der Waals surface area (Å²) in [5.74, 6) is 1.51. The number of methoxy groups -OCH3 is 1. The van der Waals surface area contributed by atoms with Crippen molar-refractivity contribution in [3.8, 4) is 23.0 Å². The summed E-state index contributed by atoms with van der Waals surface area (Å²) in [5, 5.41) is 10.1. The predicted molar refractivity (Wildman–Crippen MR) is 71.2 cm³/mol. The van der Waals surface area contributed by atoms with Crippen molar-refractivity contribution in [2.75, 3.05) is 7.11 Å². The van der Waals surface area contributed by atoms with Crippen LogP contribution in [0.2, 0.25) is 10.0 Å². The summed E-state index contributed by atoms with van der Waals surface area (Å²) >= 11 is 11.8. The third-order valence-electron chi connectivity index (χ3n) is 2.26. The third-order valence-corrected chi connectivity index (χ3v) is 2.79. The average molecular weight is 285 g/mol. The minimum Gasteiger partial charge on any atom is -0.508 e. The van der Waals surface area contributed by atoms with E-state index in [9.17, 15) is 5.11 Å². The standard InChI is InChI=1S/C13H10Cl2O3/c1-17-13-6-8(14)2-4-12(13)18-11-5-3-9(16)7-10(11)15/h2-7,16H,1H3. The van der Waals surface area contributed by atoms with Crippen LogP contribution >= 0.6 is 23.2 Å². The maximum absolute atomic E-state index is 9.26. The van der Waals surface area contributed by atoms with Crippen molar-refractivity contribution < 1.29 is 14.6 Å². The third kappa shape index (κ3) is 2.81. The van der Waals surface area contributed by atoms with Crippen molar-refractivity contribution in [3.63, 3.8) is 0 Å². The first-order chi connectivity index (χ1) is 8.60. The molecule has 2 aromatic rings. The Hall–Kier alpha value is -1.58. The lowest BCUT2D eigenvalue weighted by Gasteiger charge is -2.11. The molecule has 0 aliphatic carbocycles. The Morgan fingerprint density at radius 3 is 2.33 bits per heavy atom. The van der Waals surface area contributed by atoms with Crippen LogP contribution in [0.25, 0.3) is 0 Å².